The normalized spacial score (nSPS) is 14.3. The molecule has 2 atom stereocenters. The predicted octanol–water partition coefficient (Wildman–Crippen LogP) is 6.28. The first kappa shape index (κ1) is 52.2. The van der Waals surface area contributed by atoms with Gasteiger partial charge in [0.2, 0.25) is 17.7 Å². The van der Waals surface area contributed by atoms with Crippen LogP contribution in [0, 0.1) is 17.2 Å². The number of ether oxygens (including phenoxy) is 3. The van der Waals surface area contributed by atoms with Gasteiger partial charge >= 0.3 is 12.1 Å². The molecule has 4 aromatic heterocycles. The van der Waals surface area contributed by atoms with E-state index in [9.17, 15) is 42.7 Å². The first-order chi connectivity index (χ1) is 33.5. The summed E-state index contributed by atoms with van der Waals surface area (Å²) in [7, 11) is 3.93. The number of hydrogen-bond acceptors (Lipinski definition) is 17. The zero-order valence-corrected chi connectivity index (χ0v) is 39.6. The predicted molar refractivity (Wildman–Crippen MR) is 254 cm³/mol. The fourth-order valence-electron chi connectivity index (χ4n) is 6.99. The van der Waals surface area contributed by atoms with E-state index < -0.39 is 73.0 Å². The molecule has 1 aromatic carbocycles. The third kappa shape index (κ3) is 14.4. The zero-order valence-electron chi connectivity index (χ0n) is 37.2. The van der Waals surface area contributed by atoms with Gasteiger partial charge in [-0.1, -0.05) is 45.3 Å². The number of alkyl halides is 2. The molecule has 1 aliphatic heterocycles. The van der Waals surface area contributed by atoms with E-state index in [0.29, 0.717) is 27.9 Å². The number of anilines is 1. The number of ketones is 1. The summed E-state index contributed by atoms with van der Waals surface area (Å²) in [6, 6.07) is 14.7. The molecule has 70 heavy (non-hydrogen) atoms. The quantitative estimate of drug-likeness (QED) is 0.0337. The number of carbonyl (C=O) groups excluding carboxylic acids is 5. The maximum atomic E-state index is 13.7. The number of carboxylic acid groups (broad SMARTS) is 1. The van der Waals surface area contributed by atoms with E-state index in [0.717, 1.165) is 39.4 Å². The van der Waals surface area contributed by atoms with Crippen LogP contribution in [-0.4, -0.2) is 116 Å². The smallest absolute Gasteiger partial charge is 0.481 e. The van der Waals surface area contributed by atoms with Gasteiger partial charge in [0, 0.05) is 78.5 Å². The lowest BCUT2D eigenvalue weighted by molar-refractivity contribution is -0.142. The van der Waals surface area contributed by atoms with Crippen LogP contribution in [0.2, 0.25) is 5.02 Å². The molecule has 1 saturated heterocycles. The first-order valence-corrected chi connectivity index (χ1v) is 24.1. The summed E-state index contributed by atoms with van der Waals surface area (Å²) in [6.45, 7) is -1.96. The molecular formula is C46H44ClF2N9O10S2. The van der Waals surface area contributed by atoms with Crippen LogP contribution in [0.25, 0.3) is 33.2 Å². The molecule has 19 nitrogen and oxygen atoms in total. The standard InChI is InChI=1S/C46H44ClF2N9O10S2/c1-66-43-38(51)14-28(19-57-43)26-3-6-39-35(13-26)34(8-9-52-39)27-2-4-30(53-18-27)23-68-45(65)67-10-11-69-70-24-29(44(63)64)12-33(59)5-7-40(60)55-20-31-15-36(37(47)21-54-31)42(62)56-22-41(61)58-25-46(48,49)16-32(58)17-50/h2-4,6,8-9,13-15,18-19,21,29,32H,5,7,10-12,16,20,22-25,51H2,1H3,(H,55,60)(H,56,62)(H,63,64)/t29?,32-/m0/s1. The van der Waals surface area contributed by atoms with Crippen LogP contribution in [0.4, 0.5) is 19.3 Å². The SMILES string of the molecule is COc1ncc(-c2ccc3nccc(-c4ccc(COC(=O)OCCSSCC(CC(=O)CCC(=O)NCc5cc(C(=O)NCC(=O)N6CC(F)(F)C[C@H]6C#N)c(Cl)cn5)C(=O)O)nc4)c3c2)cc1N. The molecule has 0 saturated carbocycles. The van der Waals surface area contributed by atoms with Crippen molar-refractivity contribution < 1.29 is 56.9 Å². The van der Waals surface area contributed by atoms with Gasteiger partial charge in [-0.05, 0) is 47.5 Å². The summed E-state index contributed by atoms with van der Waals surface area (Å²) in [6.07, 6.45) is 3.69. The second kappa shape index (κ2) is 24.4. The average Bonchev–Trinajstić information content (AvgIpc) is 3.68. The minimum Gasteiger partial charge on any atom is -0.481 e. The molecule has 5 heterocycles. The van der Waals surface area contributed by atoms with Crippen molar-refractivity contribution in [2.24, 2.45) is 5.92 Å². The highest BCUT2D eigenvalue weighted by atomic mass is 35.5. The Kier molecular flexibility index (Phi) is 18.2. The number of likely N-dealkylation sites (tertiary alicyclic amines) is 1. The minimum absolute atomic E-state index is 0.0266. The number of nitrogen functional groups attached to an aromatic ring is 1. The number of amides is 3. The van der Waals surface area contributed by atoms with E-state index >= 15 is 0 Å². The Balaban J connectivity index is 0.854. The van der Waals surface area contributed by atoms with Crippen LogP contribution in [0.5, 0.6) is 5.88 Å². The molecule has 0 bridgehead atoms. The molecule has 1 aliphatic rings. The van der Waals surface area contributed by atoms with Crippen molar-refractivity contribution in [1.82, 2.24) is 35.5 Å². The number of aromatic nitrogens is 4. The number of rotatable bonds is 22. The van der Waals surface area contributed by atoms with Gasteiger partial charge in [0.25, 0.3) is 11.8 Å². The fourth-order valence-corrected chi connectivity index (χ4v) is 9.31. The maximum absolute atomic E-state index is 13.7. The number of carbonyl (C=O) groups is 6. The zero-order chi connectivity index (χ0) is 50.4. The van der Waals surface area contributed by atoms with Gasteiger partial charge in [0.1, 0.15) is 25.0 Å². The summed E-state index contributed by atoms with van der Waals surface area (Å²) in [5.74, 6) is -7.44. The number of halogens is 3. The number of fused-ring (bicyclic) bond motifs is 1. The monoisotopic (exact) mass is 1020 g/mol. The maximum Gasteiger partial charge on any atom is 0.508 e. The Morgan fingerprint density at radius 2 is 1.73 bits per heavy atom. The fraction of sp³-hybridized carbons (Fsp3) is 0.326. The van der Waals surface area contributed by atoms with Gasteiger partial charge in [-0.2, -0.15) is 5.26 Å². The van der Waals surface area contributed by atoms with Crippen molar-refractivity contribution in [2.75, 3.05) is 44.0 Å². The molecule has 24 heteroatoms. The van der Waals surface area contributed by atoms with Crippen LogP contribution in [-0.2, 0) is 41.8 Å². The number of nitrogens with zero attached hydrogens (tertiary/aromatic N) is 6. The van der Waals surface area contributed by atoms with Gasteiger partial charge in [-0.3, -0.25) is 38.9 Å². The van der Waals surface area contributed by atoms with E-state index in [1.807, 2.05) is 30.3 Å². The molecule has 5 N–H and O–H groups in total. The van der Waals surface area contributed by atoms with Crippen LogP contribution in [0.3, 0.4) is 0 Å². The molecule has 6 rings (SSSR count). The van der Waals surface area contributed by atoms with Gasteiger partial charge < -0.3 is 40.6 Å². The van der Waals surface area contributed by atoms with E-state index in [-0.39, 0.29) is 61.1 Å². The topological polar surface area (TPSA) is 279 Å². The number of nitrogens with one attached hydrogen (secondary N) is 2. The number of aliphatic carboxylic acids is 1. The van der Waals surface area contributed by atoms with E-state index in [1.165, 1.54) is 34.8 Å². The number of methoxy groups -OCH3 is 1. The molecule has 3 amide bonds. The lowest BCUT2D eigenvalue weighted by Crippen LogP contribution is -2.43. The van der Waals surface area contributed by atoms with Crippen molar-refractivity contribution in [3.05, 3.63) is 95.3 Å². The van der Waals surface area contributed by atoms with Crippen molar-refractivity contribution in [3.8, 4) is 34.2 Å². The summed E-state index contributed by atoms with van der Waals surface area (Å²) in [4.78, 5) is 92.5. The van der Waals surface area contributed by atoms with Gasteiger partial charge in [-0.15, -0.1) is 0 Å². The van der Waals surface area contributed by atoms with Crippen LogP contribution < -0.4 is 21.1 Å². The van der Waals surface area contributed by atoms with E-state index in [1.54, 1.807) is 36.8 Å². The molecule has 0 spiro atoms. The van der Waals surface area contributed by atoms with Crippen LogP contribution >= 0.6 is 33.2 Å². The number of benzene rings is 1. The Morgan fingerprint density at radius 1 is 0.957 bits per heavy atom. The largest absolute Gasteiger partial charge is 0.508 e. The molecule has 1 fully saturated rings. The number of hydrogen-bond donors (Lipinski definition) is 4. The average molecular weight is 1020 g/mol. The molecule has 1 unspecified atom stereocenters. The Labute approximate surface area is 411 Å². The Hall–Kier alpha value is -7.16. The Bertz CT molecular complexity index is 2810. The second-order valence-electron chi connectivity index (χ2n) is 15.6. The third-order valence-electron chi connectivity index (χ3n) is 10.6. The van der Waals surface area contributed by atoms with Gasteiger partial charge in [-0.25, -0.2) is 18.6 Å². The Morgan fingerprint density at radius 3 is 2.46 bits per heavy atom. The summed E-state index contributed by atoms with van der Waals surface area (Å²) in [5, 5.41) is 24.4. The summed E-state index contributed by atoms with van der Waals surface area (Å²) < 4.78 is 43.0. The molecule has 5 aromatic rings. The van der Waals surface area contributed by atoms with E-state index in [2.05, 4.69) is 30.6 Å². The third-order valence-corrected chi connectivity index (χ3v) is 13.3. The highest BCUT2D eigenvalue weighted by Crippen LogP contribution is 2.34. The number of carboxylic acids is 1. The van der Waals surface area contributed by atoms with Gasteiger partial charge in [0.05, 0.1) is 71.9 Å². The van der Waals surface area contributed by atoms with Crippen molar-refractivity contribution >= 4 is 85.4 Å². The molecule has 0 radical (unpaired) electrons. The second-order valence-corrected chi connectivity index (χ2v) is 18.6. The number of Topliss-reactive ketones (excluding diaryl/α,β-unsaturated/α-hetero) is 1. The summed E-state index contributed by atoms with van der Waals surface area (Å²) in [5.41, 5.74) is 11.2. The van der Waals surface area contributed by atoms with Gasteiger partial charge in [0.15, 0.2) is 0 Å². The number of pyridine rings is 4. The lowest BCUT2D eigenvalue weighted by atomic mass is 9.98. The molecule has 0 aliphatic carbocycles. The first-order valence-electron chi connectivity index (χ1n) is 21.2. The minimum atomic E-state index is -3.22. The molecule has 366 valence electrons. The highest BCUT2D eigenvalue weighted by molar-refractivity contribution is 8.76. The van der Waals surface area contributed by atoms with E-state index in [4.69, 9.17) is 36.8 Å². The van der Waals surface area contributed by atoms with Crippen molar-refractivity contribution in [3.63, 3.8) is 0 Å². The molecular weight excluding hydrogens is 976 g/mol. The van der Waals surface area contributed by atoms with Crippen LogP contribution in [0.1, 0.15) is 47.4 Å². The lowest BCUT2D eigenvalue weighted by Gasteiger charge is -2.19. The summed E-state index contributed by atoms with van der Waals surface area (Å²) >= 11 is 6.11. The van der Waals surface area contributed by atoms with Crippen LogP contribution in [0.15, 0.2) is 73.3 Å². The van der Waals surface area contributed by atoms with Crippen molar-refractivity contribution in [2.45, 2.75) is 50.8 Å². The number of nitriles is 1. The van der Waals surface area contributed by atoms with Crippen molar-refractivity contribution in [1.29, 1.82) is 5.26 Å². The highest BCUT2D eigenvalue weighted by Gasteiger charge is 2.47. The number of nitrogens with two attached hydrogens (primary N) is 1.